The summed E-state index contributed by atoms with van der Waals surface area (Å²) in [6.07, 6.45) is 2.50. The summed E-state index contributed by atoms with van der Waals surface area (Å²) in [5, 5.41) is 4.09. The van der Waals surface area contributed by atoms with Gasteiger partial charge in [-0.25, -0.2) is 4.39 Å². The summed E-state index contributed by atoms with van der Waals surface area (Å²) in [5.74, 6) is 1.03. The van der Waals surface area contributed by atoms with Crippen molar-refractivity contribution in [2.24, 2.45) is 0 Å². The number of nitrogen functional groups attached to an aromatic ring is 1. The van der Waals surface area contributed by atoms with Crippen LogP contribution in [0.4, 0.5) is 10.2 Å². The molecule has 0 bridgehead atoms. The van der Waals surface area contributed by atoms with E-state index in [-0.39, 0.29) is 11.9 Å². The van der Waals surface area contributed by atoms with Gasteiger partial charge in [0.1, 0.15) is 23.5 Å². The zero-order valence-electron chi connectivity index (χ0n) is 9.14. The Morgan fingerprint density at radius 2 is 2.35 bits per heavy atom. The van der Waals surface area contributed by atoms with Crippen molar-refractivity contribution in [1.82, 2.24) is 9.78 Å². The van der Waals surface area contributed by atoms with Gasteiger partial charge in [0.15, 0.2) is 0 Å². The van der Waals surface area contributed by atoms with Gasteiger partial charge in [-0.1, -0.05) is 0 Å². The van der Waals surface area contributed by atoms with E-state index >= 15 is 0 Å². The Morgan fingerprint density at radius 3 is 3.12 bits per heavy atom. The molecule has 2 N–H and O–H groups in total. The molecule has 0 aliphatic carbocycles. The van der Waals surface area contributed by atoms with E-state index in [1.54, 1.807) is 16.8 Å². The van der Waals surface area contributed by atoms with Crippen molar-refractivity contribution >= 4 is 5.82 Å². The van der Waals surface area contributed by atoms with Crippen LogP contribution < -0.4 is 10.5 Å². The zero-order valence-corrected chi connectivity index (χ0v) is 9.14. The summed E-state index contributed by atoms with van der Waals surface area (Å²) in [6.45, 7) is 0.619. The molecule has 1 aliphatic rings. The number of nitrogens with two attached hydrogens (primary N) is 1. The van der Waals surface area contributed by atoms with E-state index in [4.69, 9.17) is 10.5 Å². The molecule has 0 radical (unpaired) electrons. The van der Waals surface area contributed by atoms with Crippen molar-refractivity contribution < 1.29 is 9.13 Å². The van der Waals surface area contributed by atoms with E-state index in [2.05, 4.69) is 5.10 Å². The van der Waals surface area contributed by atoms with Gasteiger partial charge in [-0.3, -0.25) is 4.68 Å². The summed E-state index contributed by atoms with van der Waals surface area (Å²) in [4.78, 5) is 0. The number of benzene rings is 1. The molecule has 0 saturated heterocycles. The van der Waals surface area contributed by atoms with Gasteiger partial charge >= 0.3 is 0 Å². The van der Waals surface area contributed by atoms with E-state index < -0.39 is 0 Å². The van der Waals surface area contributed by atoms with Gasteiger partial charge in [0.25, 0.3) is 0 Å². The SMILES string of the molecule is Nc1ccn(CC2Cc3cc(F)ccc3O2)n1. The lowest BCUT2D eigenvalue weighted by Gasteiger charge is -2.10. The predicted molar refractivity (Wildman–Crippen MR) is 61.2 cm³/mol. The second-order valence-corrected chi connectivity index (χ2v) is 4.16. The number of hydrogen-bond acceptors (Lipinski definition) is 3. The highest BCUT2D eigenvalue weighted by molar-refractivity contribution is 5.37. The third-order valence-corrected chi connectivity index (χ3v) is 2.82. The number of anilines is 1. The van der Waals surface area contributed by atoms with Gasteiger partial charge < -0.3 is 10.5 Å². The highest BCUT2D eigenvalue weighted by Gasteiger charge is 2.23. The molecule has 0 spiro atoms. The van der Waals surface area contributed by atoms with Crippen LogP contribution in [0.15, 0.2) is 30.5 Å². The number of ether oxygens (including phenoxy) is 1. The summed E-state index contributed by atoms with van der Waals surface area (Å²) in [5.41, 5.74) is 6.45. The molecular weight excluding hydrogens is 221 g/mol. The Kier molecular flexibility index (Phi) is 2.24. The van der Waals surface area contributed by atoms with Crippen LogP contribution in [-0.4, -0.2) is 15.9 Å². The van der Waals surface area contributed by atoms with Crippen molar-refractivity contribution in [2.45, 2.75) is 19.1 Å². The van der Waals surface area contributed by atoms with Gasteiger partial charge in [0.2, 0.25) is 0 Å². The Hall–Kier alpha value is -2.04. The standard InChI is InChI=1S/C12H12FN3O/c13-9-1-2-11-8(5-9)6-10(17-11)7-16-4-3-12(14)15-16/h1-5,10H,6-7H2,(H2,14,15). The Bertz CT molecular complexity index is 550. The highest BCUT2D eigenvalue weighted by Crippen LogP contribution is 2.29. The lowest BCUT2D eigenvalue weighted by molar-refractivity contribution is 0.203. The highest BCUT2D eigenvalue weighted by atomic mass is 19.1. The van der Waals surface area contributed by atoms with Crippen LogP contribution in [0.5, 0.6) is 5.75 Å². The van der Waals surface area contributed by atoms with E-state index in [0.717, 1.165) is 11.3 Å². The Labute approximate surface area is 97.8 Å². The molecule has 4 nitrogen and oxygen atoms in total. The minimum atomic E-state index is -0.226. The van der Waals surface area contributed by atoms with Crippen LogP contribution in [-0.2, 0) is 13.0 Å². The molecular formula is C12H12FN3O. The van der Waals surface area contributed by atoms with E-state index in [1.165, 1.54) is 12.1 Å². The molecule has 88 valence electrons. The monoisotopic (exact) mass is 233 g/mol. The molecule has 17 heavy (non-hydrogen) atoms. The van der Waals surface area contributed by atoms with Crippen molar-refractivity contribution in [1.29, 1.82) is 0 Å². The van der Waals surface area contributed by atoms with Crippen molar-refractivity contribution in [3.63, 3.8) is 0 Å². The molecule has 1 aromatic heterocycles. The molecule has 1 atom stereocenters. The van der Waals surface area contributed by atoms with Gasteiger partial charge in [0, 0.05) is 18.2 Å². The molecule has 2 heterocycles. The maximum Gasteiger partial charge on any atom is 0.145 e. The summed E-state index contributed by atoms with van der Waals surface area (Å²) >= 11 is 0. The lowest BCUT2D eigenvalue weighted by atomic mass is 10.1. The van der Waals surface area contributed by atoms with Crippen molar-refractivity contribution in [3.05, 3.63) is 41.8 Å². The first-order valence-electron chi connectivity index (χ1n) is 5.45. The van der Waals surface area contributed by atoms with Crippen molar-refractivity contribution in [2.75, 3.05) is 5.73 Å². The minimum absolute atomic E-state index is 0.00824. The van der Waals surface area contributed by atoms with Crippen LogP contribution in [0.2, 0.25) is 0 Å². The zero-order chi connectivity index (χ0) is 11.8. The van der Waals surface area contributed by atoms with Gasteiger partial charge in [0.05, 0.1) is 6.54 Å². The van der Waals surface area contributed by atoms with Crippen LogP contribution in [0, 0.1) is 5.82 Å². The predicted octanol–water partition coefficient (Wildman–Crippen LogP) is 1.61. The number of rotatable bonds is 2. The second kappa shape index (κ2) is 3.76. The van der Waals surface area contributed by atoms with Crippen LogP contribution in [0.3, 0.4) is 0 Å². The molecule has 1 aliphatic heterocycles. The van der Waals surface area contributed by atoms with Crippen LogP contribution >= 0.6 is 0 Å². The summed E-state index contributed by atoms with van der Waals surface area (Å²) < 4.78 is 20.5. The summed E-state index contributed by atoms with van der Waals surface area (Å²) in [6, 6.07) is 6.34. The molecule has 0 amide bonds. The molecule has 0 fully saturated rings. The first-order valence-corrected chi connectivity index (χ1v) is 5.45. The number of halogens is 1. The van der Waals surface area contributed by atoms with E-state index in [0.29, 0.717) is 18.8 Å². The van der Waals surface area contributed by atoms with Gasteiger partial charge in [-0.2, -0.15) is 5.10 Å². The number of hydrogen-bond donors (Lipinski definition) is 1. The van der Waals surface area contributed by atoms with E-state index in [1.807, 2.05) is 6.20 Å². The molecule has 1 unspecified atom stereocenters. The first-order chi connectivity index (χ1) is 8.20. The van der Waals surface area contributed by atoms with E-state index in [9.17, 15) is 4.39 Å². The summed E-state index contributed by atoms with van der Waals surface area (Å²) in [7, 11) is 0. The Balaban J connectivity index is 1.74. The topological polar surface area (TPSA) is 53.1 Å². The number of aromatic nitrogens is 2. The van der Waals surface area contributed by atoms with Crippen LogP contribution in [0.25, 0.3) is 0 Å². The second-order valence-electron chi connectivity index (χ2n) is 4.16. The Morgan fingerprint density at radius 1 is 1.47 bits per heavy atom. The third kappa shape index (κ3) is 1.95. The van der Waals surface area contributed by atoms with Crippen molar-refractivity contribution in [3.8, 4) is 5.75 Å². The normalized spacial score (nSPS) is 17.8. The fraction of sp³-hybridized carbons (Fsp3) is 0.250. The molecule has 0 saturated carbocycles. The molecule has 5 heteroatoms. The number of fused-ring (bicyclic) bond motifs is 1. The van der Waals surface area contributed by atoms with Gasteiger partial charge in [-0.15, -0.1) is 0 Å². The minimum Gasteiger partial charge on any atom is -0.488 e. The lowest BCUT2D eigenvalue weighted by Crippen LogP contribution is -2.21. The largest absolute Gasteiger partial charge is 0.488 e. The average Bonchev–Trinajstić information content (AvgIpc) is 2.84. The molecule has 1 aromatic carbocycles. The first kappa shape index (κ1) is 10.1. The number of nitrogens with zero attached hydrogens (tertiary/aromatic N) is 2. The third-order valence-electron chi connectivity index (χ3n) is 2.82. The quantitative estimate of drug-likeness (QED) is 0.857. The maximum atomic E-state index is 13.0. The smallest absolute Gasteiger partial charge is 0.145 e. The fourth-order valence-electron chi connectivity index (χ4n) is 2.08. The molecule has 3 rings (SSSR count). The average molecular weight is 233 g/mol. The maximum absolute atomic E-state index is 13.0. The molecule has 2 aromatic rings. The van der Waals surface area contributed by atoms with Gasteiger partial charge in [-0.05, 0) is 24.3 Å². The fourth-order valence-corrected chi connectivity index (χ4v) is 2.08. The van der Waals surface area contributed by atoms with Crippen LogP contribution in [0.1, 0.15) is 5.56 Å².